The van der Waals surface area contributed by atoms with Gasteiger partial charge < -0.3 is 9.47 Å². The van der Waals surface area contributed by atoms with Gasteiger partial charge in [0.05, 0.1) is 35.6 Å². The zero-order valence-corrected chi connectivity index (χ0v) is 18.3. The molecule has 3 aromatic rings. The number of allylic oxidation sites excluding steroid dienone is 1. The van der Waals surface area contributed by atoms with E-state index in [1.165, 1.54) is 11.3 Å². The molecule has 1 unspecified atom stereocenters. The van der Waals surface area contributed by atoms with Gasteiger partial charge in [0.25, 0.3) is 5.56 Å². The first-order valence-corrected chi connectivity index (χ1v) is 10.7. The number of fused-ring (bicyclic) bond motifs is 1. The number of esters is 1. The Hall–Kier alpha value is -3.45. The van der Waals surface area contributed by atoms with Crippen molar-refractivity contribution in [2.75, 3.05) is 13.7 Å². The lowest BCUT2D eigenvalue weighted by atomic mass is 9.96. The molecule has 31 heavy (non-hydrogen) atoms. The summed E-state index contributed by atoms with van der Waals surface area (Å²) in [6.07, 6.45) is 1.80. The average Bonchev–Trinajstić information content (AvgIpc) is 3.08. The summed E-state index contributed by atoms with van der Waals surface area (Å²) >= 11 is 1.29. The number of carbonyl (C=O) groups excluding carboxylic acids is 1. The standard InChI is InChI=1S/C24H22N2O4S/c1-4-30-23(28)20-15(2)25-24-26(21(20)16-10-6-5-7-11-16)22(27)19(31-24)14-17-12-8-9-13-18(17)29-3/h5-14,21H,4H2,1-3H3. The molecule has 0 spiro atoms. The Morgan fingerprint density at radius 2 is 1.87 bits per heavy atom. The van der Waals surface area contributed by atoms with Gasteiger partial charge in [-0.15, -0.1) is 0 Å². The van der Waals surface area contributed by atoms with Gasteiger partial charge in [0.15, 0.2) is 4.80 Å². The number of ether oxygens (including phenoxy) is 2. The summed E-state index contributed by atoms with van der Waals surface area (Å²) in [5, 5.41) is 0. The fraction of sp³-hybridized carbons (Fsp3) is 0.208. The van der Waals surface area contributed by atoms with Gasteiger partial charge in [-0.1, -0.05) is 59.9 Å². The molecule has 0 saturated heterocycles. The molecule has 7 heteroatoms. The monoisotopic (exact) mass is 434 g/mol. The van der Waals surface area contributed by atoms with Crippen LogP contribution in [0, 0.1) is 0 Å². The van der Waals surface area contributed by atoms with Crippen LogP contribution in [0.15, 0.2) is 75.7 Å². The number of hydrogen-bond donors (Lipinski definition) is 0. The topological polar surface area (TPSA) is 69.9 Å². The van der Waals surface area contributed by atoms with E-state index in [-0.39, 0.29) is 12.2 Å². The molecule has 6 nitrogen and oxygen atoms in total. The quantitative estimate of drug-likeness (QED) is 0.579. The van der Waals surface area contributed by atoms with Crippen molar-refractivity contribution in [3.8, 4) is 5.75 Å². The predicted molar refractivity (Wildman–Crippen MR) is 120 cm³/mol. The van der Waals surface area contributed by atoms with Gasteiger partial charge in [0.1, 0.15) is 5.75 Å². The van der Waals surface area contributed by atoms with Gasteiger partial charge in [-0.25, -0.2) is 9.79 Å². The highest BCUT2D eigenvalue weighted by atomic mass is 32.1. The first kappa shape index (κ1) is 20.8. The van der Waals surface area contributed by atoms with E-state index in [9.17, 15) is 9.59 Å². The van der Waals surface area contributed by atoms with Crippen LogP contribution in [0.25, 0.3) is 6.08 Å². The molecule has 0 amide bonds. The highest BCUT2D eigenvalue weighted by molar-refractivity contribution is 7.07. The van der Waals surface area contributed by atoms with Crippen LogP contribution in [-0.2, 0) is 9.53 Å². The summed E-state index contributed by atoms with van der Waals surface area (Å²) in [5.74, 6) is 0.216. The minimum Gasteiger partial charge on any atom is -0.496 e. The minimum atomic E-state index is -0.601. The van der Waals surface area contributed by atoms with Crippen LogP contribution in [0.5, 0.6) is 5.75 Å². The Morgan fingerprint density at radius 3 is 2.58 bits per heavy atom. The second-order valence-electron chi connectivity index (χ2n) is 6.95. The molecule has 2 heterocycles. The number of rotatable bonds is 5. The fourth-order valence-corrected chi connectivity index (χ4v) is 4.71. The van der Waals surface area contributed by atoms with E-state index >= 15 is 0 Å². The Morgan fingerprint density at radius 1 is 1.16 bits per heavy atom. The molecular formula is C24H22N2O4S. The van der Waals surface area contributed by atoms with Crippen LogP contribution in [-0.4, -0.2) is 24.3 Å². The molecule has 0 fully saturated rings. The molecule has 2 aromatic carbocycles. The van der Waals surface area contributed by atoms with Gasteiger partial charge in [-0.2, -0.15) is 0 Å². The molecule has 0 bridgehead atoms. The summed E-state index contributed by atoms with van der Waals surface area (Å²) in [7, 11) is 1.60. The van der Waals surface area contributed by atoms with Gasteiger partial charge in [0, 0.05) is 5.56 Å². The third-order valence-electron chi connectivity index (χ3n) is 5.06. The van der Waals surface area contributed by atoms with E-state index < -0.39 is 12.0 Å². The Bertz CT molecular complexity index is 1340. The van der Waals surface area contributed by atoms with E-state index in [2.05, 4.69) is 4.99 Å². The smallest absolute Gasteiger partial charge is 0.338 e. The van der Waals surface area contributed by atoms with Crippen LogP contribution in [0.4, 0.5) is 0 Å². The van der Waals surface area contributed by atoms with Crippen molar-refractivity contribution in [1.29, 1.82) is 0 Å². The van der Waals surface area contributed by atoms with Crippen molar-refractivity contribution in [2.45, 2.75) is 19.9 Å². The zero-order chi connectivity index (χ0) is 22.0. The van der Waals surface area contributed by atoms with Crippen molar-refractivity contribution >= 4 is 23.4 Å². The van der Waals surface area contributed by atoms with Crippen molar-refractivity contribution in [3.05, 3.63) is 96.7 Å². The van der Waals surface area contributed by atoms with Crippen molar-refractivity contribution in [3.63, 3.8) is 0 Å². The van der Waals surface area contributed by atoms with Crippen LogP contribution < -0.4 is 19.6 Å². The number of methoxy groups -OCH3 is 1. The molecule has 1 aromatic heterocycles. The Kier molecular flexibility index (Phi) is 5.86. The lowest BCUT2D eigenvalue weighted by Gasteiger charge is -2.24. The average molecular weight is 435 g/mol. The van der Waals surface area contributed by atoms with Gasteiger partial charge in [-0.3, -0.25) is 9.36 Å². The van der Waals surface area contributed by atoms with E-state index in [1.54, 1.807) is 31.6 Å². The summed E-state index contributed by atoms with van der Waals surface area (Å²) in [5.41, 5.74) is 2.34. The van der Waals surface area contributed by atoms with Crippen LogP contribution >= 0.6 is 11.3 Å². The van der Waals surface area contributed by atoms with Gasteiger partial charge in [-0.05, 0) is 31.6 Å². The van der Waals surface area contributed by atoms with E-state index in [0.717, 1.165) is 11.1 Å². The van der Waals surface area contributed by atoms with Crippen LogP contribution in [0.3, 0.4) is 0 Å². The second kappa shape index (κ2) is 8.73. The molecule has 1 atom stereocenters. The van der Waals surface area contributed by atoms with Crippen molar-refractivity contribution in [1.82, 2.24) is 4.57 Å². The molecular weight excluding hydrogens is 412 g/mol. The van der Waals surface area contributed by atoms with Gasteiger partial charge >= 0.3 is 5.97 Å². The highest BCUT2D eigenvalue weighted by Crippen LogP contribution is 2.30. The minimum absolute atomic E-state index is 0.210. The number of thiazole rings is 1. The van der Waals surface area contributed by atoms with Crippen molar-refractivity contribution < 1.29 is 14.3 Å². The molecule has 0 radical (unpaired) electrons. The summed E-state index contributed by atoms with van der Waals surface area (Å²) < 4.78 is 12.8. The number of aromatic nitrogens is 1. The molecule has 1 aliphatic rings. The molecule has 0 aliphatic carbocycles. The van der Waals surface area contributed by atoms with Gasteiger partial charge in [0.2, 0.25) is 0 Å². The molecule has 0 saturated carbocycles. The summed E-state index contributed by atoms with van der Waals surface area (Å²) in [6.45, 7) is 3.78. The number of benzene rings is 2. The SMILES string of the molecule is CCOC(=O)C1=C(C)N=c2sc(=Cc3ccccc3OC)c(=O)n2C1c1ccccc1. The highest BCUT2D eigenvalue weighted by Gasteiger charge is 2.33. The number of para-hydroxylation sites is 1. The maximum atomic E-state index is 13.5. The Balaban J connectivity index is 1.97. The summed E-state index contributed by atoms with van der Waals surface area (Å²) in [4.78, 5) is 31.4. The third kappa shape index (κ3) is 3.84. The Labute approximate surface area is 183 Å². The van der Waals surface area contributed by atoms with Crippen LogP contribution in [0.1, 0.15) is 31.0 Å². The number of hydrogen-bond acceptors (Lipinski definition) is 6. The largest absolute Gasteiger partial charge is 0.496 e. The maximum absolute atomic E-state index is 13.5. The number of nitrogens with zero attached hydrogens (tertiary/aromatic N) is 2. The maximum Gasteiger partial charge on any atom is 0.338 e. The molecule has 158 valence electrons. The second-order valence-corrected chi connectivity index (χ2v) is 7.96. The fourth-order valence-electron chi connectivity index (χ4n) is 3.67. The lowest BCUT2D eigenvalue weighted by Crippen LogP contribution is -2.39. The molecule has 0 N–H and O–H groups in total. The number of carbonyl (C=O) groups is 1. The lowest BCUT2D eigenvalue weighted by molar-refractivity contribution is -0.139. The van der Waals surface area contributed by atoms with E-state index in [1.807, 2.05) is 54.6 Å². The van der Waals surface area contributed by atoms with Crippen molar-refractivity contribution in [2.24, 2.45) is 4.99 Å². The molecule has 1 aliphatic heterocycles. The van der Waals surface area contributed by atoms with E-state index in [0.29, 0.717) is 26.4 Å². The van der Waals surface area contributed by atoms with E-state index in [4.69, 9.17) is 9.47 Å². The van der Waals surface area contributed by atoms with Crippen LogP contribution in [0.2, 0.25) is 0 Å². The first-order chi connectivity index (χ1) is 15.0. The predicted octanol–water partition coefficient (Wildman–Crippen LogP) is 2.81. The first-order valence-electron chi connectivity index (χ1n) is 9.92. The summed E-state index contributed by atoms with van der Waals surface area (Å²) in [6, 6.07) is 16.4. The zero-order valence-electron chi connectivity index (χ0n) is 17.5. The molecule has 4 rings (SSSR count). The normalized spacial score (nSPS) is 16.0. The third-order valence-corrected chi connectivity index (χ3v) is 6.04.